The lowest BCUT2D eigenvalue weighted by Crippen LogP contribution is -2.21. The average molecular weight is 134 g/mol. The molecule has 0 radical (unpaired) electrons. The maximum atomic E-state index is 4.62. The van der Waals surface area contributed by atoms with Gasteiger partial charge >= 0.3 is 0 Å². The lowest BCUT2D eigenvalue weighted by atomic mass is 10.5. The summed E-state index contributed by atoms with van der Waals surface area (Å²) in [4.78, 5) is 0. The van der Waals surface area contributed by atoms with Crippen molar-refractivity contribution in [3.63, 3.8) is 0 Å². The average Bonchev–Trinajstić information content (AvgIpc) is 2.28. The molecule has 10 heavy (non-hydrogen) atoms. The second-order valence-corrected chi connectivity index (χ2v) is 1.63. The van der Waals surface area contributed by atoms with E-state index in [4.69, 9.17) is 0 Å². The monoisotopic (exact) mass is 134 g/mol. The summed E-state index contributed by atoms with van der Waals surface area (Å²) in [5, 5.41) is 14.6. The second kappa shape index (κ2) is 1.89. The number of hydrogen-bond acceptors (Lipinski definition) is 5. The van der Waals surface area contributed by atoms with Crippen molar-refractivity contribution >= 4 is 11.9 Å². The molecule has 0 saturated carbocycles. The fraction of sp³-hybridized carbons (Fsp3) is 0. The smallest absolute Gasteiger partial charge is 0.297 e. The topological polar surface area (TPSA) is 63.6 Å². The van der Waals surface area contributed by atoms with E-state index in [1.54, 1.807) is 12.2 Å². The van der Waals surface area contributed by atoms with Crippen LogP contribution in [-0.4, -0.2) is 16.2 Å². The van der Waals surface area contributed by atoms with Crippen molar-refractivity contribution in [2.45, 2.75) is 0 Å². The summed E-state index contributed by atoms with van der Waals surface area (Å²) in [6.07, 6.45) is 3.27. The molecule has 0 bridgehead atoms. The molecular weight excluding hydrogens is 132 g/mol. The Labute approximate surface area is 55.1 Å². The Hall–Kier alpha value is -1.74. The predicted molar refractivity (Wildman–Crippen MR) is 31.5 cm³/mol. The normalized spacial score (nSPS) is 13.2. The van der Waals surface area contributed by atoms with Crippen molar-refractivity contribution < 1.29 is 4.52 Å². The number of allylic oxidation sites excluding steroid dienone is 1. The molecule has 1 aromatic heterocycles. The third-order valence-electron chi connectivity index (χ3n) is 1.01. The van der Waals surface area contributed by atoms with Crippen molar-refractivity contribution in [3.8, 4) is 0 Å². The van der Waals surface area contributed by atoms with Crippen LogP contribution in [0, 0.1) is 0 Å². The molecule has 0 aliphatic carbocycles. The van der Waals surface area contributed by atoms with Gasteiger partial charge in [-0.25, -0.2) is 0 Å². The number of hydrogen-bond donors (Lipinski definition) is 0. The van der Waals surface area contributed by atoms with Gasteiger partial charge in [0.15, 0.2) is 5.35 Å². The van der Waals surface area contributed by atoms with E-state index < -0.39 is 0 Å². The van der Waals surface area contributed by atoms with Gasteiger partial charge in [-0.1, -0.05) is 5.10 Å². The van der Waals surface area contributed by atoms with E-state index in [2.05, 4.69) is 31.0 Å². The van der Waals surface area contributed by atoms with E-state index in [0.29, 0.717) is 10.9 Å². The Kier molecular flexibility index (Phi) is 0.961. The Morgan fingerprint density at radius 3 is 3.50 bits per heavy atom. The molecule has 0 aromatic carbocycles. The summed E-state index contributed by atoms with van der Waals surface area (Å²) in [5.41, 5.74) is 0.321. The Morgan fingerprint density at radius 1 is 1.50 bits per heavy atom. The first-order valence-corrected chi connectivity index (χ1v) is 2.62. The SMILES string of the molecule is C1=CC=c2nnoc2=NN=1. The highest BCUT2D eigenvalue weighted by Gasteiger charge is 1.92. The second-order valence-electron chi connectivity index (χ2n) is 1.63. The molecule has 1 aliphatic heterocycles. The van der Waals surface area contributed by atoms with Gasteiger partial charge in [-0.05, 0) is 6.08 Å². The van der Waals surface area contributed by atoms with Crippen molar-refractivity contribution in [2.24, 2.45) is 10.2 Å². The van der Waals surface area contributed by atoms with Gasteiger partial charge in [0, 0.05) is 17.2 Å². The summed E-state index contributed by atoms with van der Waals surface area (Å²) in [5.74, 6) is 2.53. The minimum atomic E-state index is 0.321. The summed E-state index contributed by atoms with van der Waals surface area (Å²) in [6, 6.07) is 0. The van der Waals surface area contributed by atoms with E-state index in [1.165, 1.54) is 0 Å². The van der Waals surface area contributed by atoms with Gasteiger partial charge in [0.2, 0.25) is 0 Å². The van der Waals surface area contributed by atoms with Crippen molar-refractivity contribution in [3.05, 3.63) is 17.0 Å². The van der Waals surface area contributed by atoms with Crippen LogP contribution < -0.4 is 10.9 Å². The molecule has 2 rings (SSSR count). The summed E-state index contributed by atoms with van der Waals surface area (Å²) >= 11 is 0. The molecule has 48 valence electrons. The Balaban J connectivity index is 2.94. The first-order chi connectivity index (χ1) is 4.97. The summed E-state index contributed by atoms with van der Waals surface area (Å²) < 4.78 is 4.62. The van der Waals surface area contributed by atoms with Crippen molar-refractivity contribution in [2.75, 3.05) is 0 Å². The highest BCUT2D eigenvalue weighted by molar-refractivity contribution is 5.62. The highest BCUT2D eigenvalue weighted by atomic mass is 16.5. The van der Waals surface area contributed by atoms with E-state index in [9.17, 15) is 0 Å². The zero-order valence-electron chi connectivity index (χ0n) is 4.85. The zero-order valence-corrected chi connectivity index (χ0v) is 4.85. The van der Waals surface area contributed by atoms with E-state index in [-0.39, 0.29) is 0 Å². The van der Waals surface area contributed by atoms with E-state index in [0.717, 1.165) is 0 Å². The summed E-state index contributed by atoms with van der Waals surface area (Å²) in [7, 11) is 0. The molecule has 2 heterocycles. The van der Waals surface area contributed by atoms with E-state index >= 15 is 0 Å². The quantitative estimate of drug-likeness (QED) is 0.439. The maximum absolute atomic E-state index is 4.62. The Morgan fingerprint density at radius 2 is 2.50 bits per heavy atom. The van der Waals surface area contributed by atoms with Crippen LogP contribution >= 0.6 is 0 Å². The van der Waals surface area contributed by atoms with Gasteiger partial charge in [0.1, 0.15) is 0 Å². The minimum Gasteiger partial charge on any atom is -0.314 e. The van der Waals surface area contributed by atoms with Crippen LogP contribution in [0.25, 0.3) is 6.08 Å². The van der Waals surface area contributed by atoms with E-state index in [1.807, 2.05) is 0 Å². The molecule has 0 N–H and O–H groups in total. The molecule has 0 atom stereocenters. The molecule has 0 spiro atoms. The highest BCUT2D eigenvalue weighted by Crippen LogP contribution is 1.69. The predicted octanol–water partition coefficient (Wildman–Crippen LogP) is -1.38. The van der Waals surface area contributed by atoms with Crippen molar-refractivity contribution in [1.29, 1.82) is 0 Å². The molecule has 0 saturated heterocycles. The van der Waals surface area contributed by atoms with Gasteiger partial charge in [-0.2, -0.15) is 0 Å². The number of nitrogens with zero attached hydrogens (tertiary/aromatic N) is 4. The van der Waals surface area contributed by atoms with Crippen LogP contribution in [0.1, 0.15) is 0 Å². The molecule has 5 heteroatoms. The lowest BCUT2D eigenvalue weighted by molar-refractivity contribution is 0.357. The lowest BCUT2D eigenvalue weighted by Gasteiger charge is -1.62. The first-order valence-electron chi connectivity index (χ1n) is 2.62. The minimum absolute atomic E-state index is 0.321. The standard InChI is InChI=1S/C5H2N4O/c1-2-4-5(8-6-3-1)10-9-7-4/h1-2H. The van der Waals surface area contributed by atoms with Gasteiger partial charge < -0.3 is 4.52 Å². The molecular formula is C5H2N4O. The van der Waals surface area contributed by atoms with Gasteiger partial charge in [0.05, 0.1) is 0 Å². The van der Waals surface area contributed by atoms with Crippen LogP contribution in [0.2, 0.25) is 0 Å². The summed E-state index contributed by atoms with van der Waals surface area (Å²) in [6.45, 7) is 0. The third kappa shape index (κ3) is 0.655. The molecule has 5 nitrogen and oxygen atoms in total. The van der Waals surface area contributed by atoms with Crippen LogP contribution in [0.15, 0.2) is 20.8 Å². The van der Waals surface area contributed by atoms with Crippen LogP contribution in [-0.2, 0) is 0 Å². The molecule has 0 amide bonds. The van der Waals surface area contributed by atoms with Crippen LogP contribution in [0.4, 0.5) is 0 Å². The van der Waals surface area contributed by atoms with Crippen molar-refractivity contribution in [1.82, 2.24) is 10.4 Å². The Bertz CT molecular complexity index is 375. The van der Waals surface area contributed by atoms with Crippen LogP contribution in [0.5, 0.6) is 0 Å². The number of aromatic nitrogens is 2. The van der Waals surface area contributed by atoms with Gasteiger partial charge in [0.25, 0.3) is 5.55 Å². The number of fused-ring (bicyclic) bond motifs is 1. The molecule has 0 fully saturated rings. The van der Waals surface area contributed by atoms with Gasteiger partial charge in [-0.3, -0.25) is 0 Å². The number of rotatable bonds is 0. The first kappa shape index (κ1) is 5.08. The molecule has 1 aromatic rings. The molecule has 0 unspecified atom stereocenters. The fourth-order valence-corrected chi connectivity index (χ4v) is 0.591. The van der Waals surface area contributed by atoms with Gasteiger partial charge in [-0.15, -0.1) is 10.2 Å². The third-order valence-corrected chi connectivity index (χ3v) is 1.01. The largest absolute Gasteiger partial charge is 0.314 e. The fourth-order valence-electron chi connectivity index (χ4n) is 0.591. The maximum Gasteiger partial charge on any atom is 0.297 e. The van der Waals surface area contributed by atoms with Crippen LogP contribution in [0.3, 0.4) is 0 Å². The molecule has 1 aliphatic rings. The zero-order chi connectivity index (χ0) is 6.81.